The topological polar surface area (TPSA) is 12.4 Å². The molecule has 5 unspecified atom stereocenters. The Morgan fingerprint density at radius 3 is 2.02 bits per heavy atom. The lowest BCUT2D eigenvalue weighted by Crippen LogP contribution is -2.24. The van der Waals surface area contributed by atoms with Gasteiger partial charge < -0.3 is 0 Å². The average Bonchev–Trinajstić information content (AvgIpc) is 3.15. The van der Waals surface area contributed by atoms with E-state index in [0.717, 1.165) is 6.42 Å². The van der Waals surface area contributed by atoms with Crippen molar-refractivity contribution in [3.8, 4) is 11.1 Å². The first-order chi connectivity index (χ1) is 23.7. The van der Waals surface area contributed by atoms with Gasteiger partial charge in [-0.15, -0.1) is 0 Å². The highest BCUT2D eigenvalue weighted by Gasteiger charge is 2.28. The molecule has 0 amide bonds. The Morgan fingerprint density at radius 2 is 1.33 bits per heavy atom. The highest BCUT2D eigenvalue weighted by Crippen LogP contribution is 2.46. The Kier molecular flexibility index (Phi) is 9.66. The molecule has 0 N–H and O–H groups in total. The second-order valence-corrected chi connectivity index (χ2v) is 13.6. The molecule has 1 nitrogen and oxygen atoms in total. The lowest BCUT2D eigenvalue weighted by atomic mass is 9.75. The zero-order chi connectivity index (χ0) is 32.9. The van der Waals surface area contributed by atoms with Gasteiger partial charge in [0.1, 0.15) is 0 Å². The van der Waals surface area contributed by atoms with E-state index in [1.165, 1.54) is 73.8 Å². The summed E-state index contributed by atoms with van der Waals surface area (Å²) in [4.78, 5) is 5.06. The van der Waals surface area contributed by atoms with Crippen LogP contribution in [0.25, 0.3) is 43.4 Å². The van der Waals surface area contributed by atoms with Crippen LogP contribution in [0, 0.1) is 11.8 Å². The van der Waals surface area contributed by atoms with Crippen LogP contribution in [0.5, 0.6) is 0 Å². The normalized spacial score (nSPS) is 18.1. The Morgan fingerprint density at radius 1 is 0.688 bits per heavy atom. The van der Waals surface area contributed by atoms with E-state index in [0.29, 0.717) is 11.8 Å². The van der Waals surface area contributed by atoms with Gasteiger partial charge in [0, 0.05) is 18.1 Å². The fraction of sp³-hybridized carbons (Fsp3) is 0.255. The van der Waals surface area contributed by atoms with Crippen molar-refractivity contribution in [2.75, 3.05) is 0 Å². The molecule has 6 aromatic rings. The maximum absolute atomic E-state index is 5.06. The van der Waals surface area contributed by atoms with Crippen LogP contribution in [-0.2, 0) is 0 Å². The molecule has 1 aliphatic rings. The largest absolute Gasteiger partial charge is 0.288 e. The van der Waals surface area contributed by atoms with Gasteiger partial charge in [0.05, 0.1) is 6.04 Å². The predicted octanol–water partition coefficient (Wildman–Crippen LogP) is 13.1. The highest BCUT2D eigenvalue weighted by molar-refractivity contribution is 6.16. The zero-order valence-electron chi connectivity index (χ0n) is 28.6. The molecule has 1 heteroatoms. The second-order valence-electron chi connectivity index (χ2n) is 13.6. The number of dihydropyridines is 1. The highest BCUT2D eigenvalue weighted by atomic mass is 14.8. The Bertz CT molecular complexity index is 2040. The third kappa shape index (κ3) is 6.27. The third-order valence-corrected chi connectivity index (χ3v) is 10.7. The Hall–Kier alpha value is -4.75. The standard InChI is InChI=1S/C47H47N/c1-4-6-17-34(5-2)39(30-27-33(3)47-40(26-16-31-48-47)36-19-8-7-9-20-36)46-43-24-14-12-22-41(43)45(42-23-13-15-25-44(42)46)38-29-28-35-18-10-11-21-37(35)32-38/h7-16,18-34,39-40,47H,4-6,17H2,1-3H3/b30-27-. The molecule has 48 heavy (non-hydrogen) atoms. The zero-order valence-corrected chi connectivity index (χ0v) is 28.6. The Labute approximate surface area is 286 Å². The van der Waals surface area contributed by atoms with E-state index in [1.807, 2.05) is 6.21 Å². The van der Waals surface area contributed by atoms with Gasteiger partial charge in [0.15, 0.2) is 0 Å². The van der Waals surface area contributed by atoms with Gasteiger partial charge >= 0.3 is 0 Å². The lowest BCUT2D eigenvalue weighted by molar-refractivity contribution is 0.412. The number of allylic oxidation sites excluding steroid dienone is 2. The summed E-state index contributed by atoms with van der Waals surface area (Å²) in [6.07, 6.45) is 16.3. The van der Waals surface area contributed by atoms with E-state index >= 15 is 0 Å². The molecule has 0 saturated heterocycles. The van der Waals surface area contributed by atoms with Crippen molar-refractivity contribution in [2.45, 2.75) is 64.3 Å². The molecule has 1 aliphatic heterocycles. The summed E-state index contributed by atoms with van der Waals surface area (Å²) in [5, 5.41) is 7.98. The van der Waals surface area contributed by atoms with Crippen LogP contribution < -0.4 is 0 Å². The molecule has 5 atom stereocenters. The van der Waals surface area contributed by atoms with Crippen molar-refractivity contribution in [2.24, 2.45) is 16.8 Å². The summed E-state index contributed by atoms with van der Waals surface area (Å²) < 4.78 is 0. The first-order valence-electron chi connectivity index (χ1n) is 18.0. The van der Waals surface area contributed by atoms with Crippen LogP contribution in [0.4, 0.5) is 0 Å². The van der Waals surface area contributed by atoms with Crippen molar-refractivity contribution in [1.29, 1.82) is 0 Å². The Balaban J connectivity index is 1.39. The van der Waals surface area contributed by atoms with Crippen molar-refractivity contribution in [3.05, 3.63) is 157 Å². The van der Waals surface area contributed by atoms with Crippen LogP contribution in [0.15, 0.2) is 151 Å². The molecule has 0 saturated carbocycles. The number of aliphatic imine (C=N–C) groups is 1. The monoisotopic (exact) mass is 625 g/mol. The molecule has 6 aromatic carbocycles. The first-order valence-corrected chi connectivity index (χ1v) is 18.0. The smallest absolute Gasteiger partial charge is 0.0662 e. The first kappa shape index (κ1) is 31.8. The van der Waals surface area contributed by atoms with Crippen LogP contribution in [-0.4, -0.2) is 12.3 Å². The number of benzene rings is 6. The number of fused-ring (bicyclic) bond motifs is 3. The van der Waals surface area contributed by atoms with E-state index < -0.39 is 0 Å². The summed E-state index contributed by atoms with van der Waals surface area (Å²) >= 11 is 0. The predicted molar refractivity (Wildman–Crippen MR) is 209 cm³/mol. The second kappa shape index (κ2) is 14.6. The molecule has 0 spiro atoms. The van der Waals surface area contributed by atoms with Crippen LogP contribution in [0.2, 0.25) is 0 Å². The minimum atomic E-state index is 0.175. The SMILES string of the molecule is CCCCC(CC)C(/C=C\C(C)C1N=CC=CC1c1ccccc1)c1c2ccccc2c(-c2ccc3ccccc3c2)c2ccccc12. The molecule has 0 aliphatic carbocycles. The van der Waals surface area contributed by atoms with E-state index in [1.54, 1.807) is 0 Å². The summed E-state index contributed by atoms with van der Waals surface area (Å²) in [6, 6.07) is 45.1. The van der Waals surface area contributed by atoms with Crippen molar-refractivity contribution in [1.82, 2.24) is 0 Å². The summed E-state index contributed by atoms with van der Waals surface area (Å²) in [5.74, 6) is 1.41. The fourth-order valence-electron chi connectivity index (χ4n) is 8.15. The van der Waals surface area contributed by atoms with Gasteiger partial charge in [0.2, 0.25) is 0 Å². The fourth-order valence-corrected chi connectivity index (χ4v) is 8.15. The van der Waals surface area contributed by atoms with Crippen molar-refractivity contribution >= 4 is 38.5 Å². The van der Waals surface area contributed by atoms with Gasteiger partial charge in [-0.25, -0.2) is 0 Å². The summed E-state index contributed by atoms with van der Waals surface area (Å²) in [6.45, 7) is 7.07. The van der Waals surface area contributed by atoms with E-state index in [9.17, 15) is 0 Å². The lowest BCUT2D eigenvalue weighted by Gasteiger charge is -2.30. The van der Waals surface area contributed by atoms with Gasteiger partial charge in [-0.1, -0.05) is 174 Å². The van der Waals surface area contributed by atoms with Crippen LogP contribution in [0.3, 0.4) is 0 Å². The maximum Gasteiger partial charge on any atom is 0.0662 e. The van der Waals surface area contributed by atoms with Crippen molar-refractivity contribution in [3.63, 3.8) is 0 Å². The number of hydrogen-bond donors (Lipinski definition) is 0. The number of rotatable bonds is 11. The average molecular weight is 626 g/mol. The molecular formula is C47H47N. The number of nitrogens with zero attached hydrogens (tertiary/aromatic N) is 1. The summed E-state index contributed by atoms with van der Waals surface area (Å²) in [5.41, 5.74) is 5.43. The molecule has 0 fully saturated rings. The summed E-state index contributed by atoms with van der Waals surface area (Å²) in [7, 11) is 0. The van der Waals surface area contributed by atoms with Gasteiger partial charge in [0.25, 0.3) is 0 Å². The van der Waals surface area contributed by atoms with Gasteiger partial charge in [-0.2, -0.15) is 0 Å². The van der Waals surface area contributed by atoms with E-state index in [4.69, 9.17) is 4.99 Å². The van der Waals surface area contributed by atoms with Gasteiger partial charge in [-0.3, -0.25) is 4.99 Å². The molecule has 1 heterocycles. The maximum atomic E-state index is 5.06. The molecule has 0 aromatic heterocycles. The molecule has 7 rings (SSSR count). The van der Waals surface area contributed by atoms with Gasteiger partial charge in [-0.05, 0) is 85.0 Å². The molecular weight excluding hydrogens is 579 g/mol. The number of unbranched alkanes of at least 4 members (excludes halogenated alkanes) is 1. The molecule has 240 valence electrons. The number of hydrogen-bond acceptors (Lipinski definition) is 1. The van der Waals surface area contributed by atoms with Crippen molar-refractivity contribution < 1.29 is 0 Å². The minimum Gasteiger partial charge on any atom is -0.288 e. The minimum absolute atomic E-state index is 0.175. The van der Waals surface area contributed by atoms with E-state index in [2.05, 4.69) is 166 Å². The molecule has 0 radical (unpaired) electrons. The quantitative estimate of drug-likeness (QED) is 0.100. The van der Waals surface area contributed by atoms with Crippen LogP contribution >= 0.6 is 0 Å². The molecule has 0 bridgehead atoms. The van der Waals surface area contributed by atoms with Crippen LogP contribution in [0.1, 0.15) is 69.4 Å². The third-order valence-electron chi connectivity index (χ3n) is 10.7. The van der Waals surface area contributed by atoms with E-state index in [-0.39, 0.29) is 17.9 Å².